The summed E-state index contributed by atoms with van der Waals surface area (Å²) in [6.07, 6.45) is 2.22. The molecule has 0 atom stereocenters. The zero-order chi connectivity index (χ0) is 18.9. The van der Waals surface area contributed by atoms with Gasteiger partial charge in [-0.1, -0.05) is 18.2 Å². The summed E-state index contributed by atoms with van der Waals surface area (Å²) >= 11 is 0. The molecule has 0 radical (unpaired) electrons. The van der Waals surface area contributed by atoms with Crippen LogP contribution in [0.1, 0.15) is 15.9 Å². The Kier molecular flexibility index (Phi) is 4.52. The van der Waals surface area contributed by atoms with Gasteiger partial charge in [0.2, 0.25) is 0 Å². The van der Waals surface area contributed by atoms with Gasteiger partial charge in [0.1, 0.15) is 5.75 Å². The number of methoxy groups -OCH3 is 1. The van der Waals surface area contributed by atoms with Gasteiger partial charge in [0.05, 0.1) is 12.0 Å². The number of rotatable bonds is 4. The molecule has 134 valence electrons. The van der Waals surface area contributed by atoms with Gasteiger partial charge >= 0.3 is 5.69 Å². The summed E-state index contributed by atoms with van der Waals surface area (Å²) < 4.78 is 31.7. The van der Waals surface area contributed by atoms with Crippen molar-refractivity contribution in [3.8, 4) is 5.75 Å². The molecule has 0 N–H and O–H groups in total. The van der Waals surface area contributed by atoms with Crippen LogP contribution in [0.25, 0.3) is 0 Å². The summed E-state index contributed by atoms with van der Waals surface area (Å²) in [7, 11) is -2.66. The lowest BCUT2D eigenvalue weighted by Crippen LogP contribution is -2.32. The van der Waals surface area contributed by atoms with Crippen LogP contribution < -0.4 is 10.4 Å². The third-order valence-corrected chi connectivity index (χ3v) is 5.62. The zero-order valence-electron chi connectivity index (χ0n) is 14.1. The van der Waals surface area contributed by atoms with Crippen molar-refractivity contribution in [3.05, 3.63) is 82.5 Å². The standard InChI is InChI=1S/C18H16N2O5S/c1-13-5-3-4-6-16(13)17(21)19-11-12-20(18(19)22)26(23,24)15-9-7-14(25-2)8-10-15/h3-12H,1-2H3. The maximum Gasteiger partial charge on any atom is 0.349 e. The van der Waals surface area contributed by atoms with Gasteiger partial charge in [0, 0.05) is 18.0 Å². The van der Waals surface area contributed by atoms with Crippen LogP contribution in [0.3, 0.4) is 0 Å². The minimum Gasteiger partial charge on any atom is -0.497 e. The van der Waals surface area contributed by atoms with E-state index in [-0.39, 0.29) is 4.90 Å². The fraction of sp³-hybridized carbons (Fsp3) is 0.111. The number of hydrogen-bond acceptors (Lipinski definition) is 5. The summed E-state index contributed by atoms with van der Waals surface area (Å²) in [6.45, 7) is 1.74. The van der Waals surface area contributed by atoms with Crippen LogP contribution in [-0.2, 0) is 10.0 Å². The fourth-order valence-corrected chi connectivity index (χ4v) is 3.72. The van der Waals surface area contributed by atoms with Gasteiger partial charge in [-0.2, -0.15) is 3.97 Å². The molecule has 1 aromatic heterocycles. The smallest absolute Gasteiger partial charge is 0.349 e. The van der Waals surface area contributed by atoms with Crippen molar-refractivity contribution in [2.45, 2.75) is 11.8 Å². The van der Waals surface area contributed by atoms with E-state index < -0.39 is 21.6 Å². The highest BCUT2D eigenvalue weighted by molar-refractivity contribution is 7.90. The molecular formula is C18H16N2O5S. The van der Waals surface area contributed by atoms with Crippen LogP contribution in [0, 0.1) is 6.92 Å². The van der Waals surface area contributed by atoms with Crippen LogP contribution >= 0.6 is 0 Å². The van der Waals surface area contributed by atoms with Gasteiger partial charge in [-0.3, -0.25) is 4.79 Å². The number of benzene rings is 2. The number of aromatic nitrogens is 2. The Morgan fingerprint density at radius 2 is 1.65 bits per heavy atom. The van der Waals surface area contributed by atoms with E-state index in [4.69, 9.17) is 4.74 Å². The molecule has 0 spiro atoms. The van der Waals surface area contributed by atoms with Crippen molar-refractivity contribution in [1.82, 2.24) is 8.54 Å². The first-order valence-corrected chi connectivity index (χ1v) is 9.10. The number of hydrogen-bond donors (Lipinski definition) is 0. The Hall–Kier alpha value is -3.13. The Morgan fingerprint density at radius 1 is 1.00 bits per heavy atom. The highest BCUT2D eigenvalue weighted by Crippen LogP contribution is 2.17. The van der Waals surface area contributed by atoms with E-state index in [1.54, 1.807) is 31.2 Å². The molecule has 0 fully saturated rings. The average molecular weight is 372 g/mol. The van der Waals surface area contributed by atoms with Crippen molar-refractivity contribution in [1.29, 1.82) is 0 Å². The van der Waals surface area contributed by atoms with E-state index in [1.807, 2.05) is 0 Å². The monoisotopic (exact) mass is 372 g/mol. The molecule has 0 bridgehead atoms. The largest absolute Gasteiger partial charge is 0.497 e. The third-order valence-electron chi connectivity index (χ3n) is 3.96. The Labute approximate surface area is 150 Å². The molecule has 2 aromatic carbocycles. The molecule has 26 heavy (non-hydrogen) atoms. The molecule has 3 rings (SSSR count). The summed E-state index contributed by atoms with van der Waals surface area (Å²) in [5.41, 5.74) is 0.0680. The van der Waals surface area contributed by atoms with Crippen LogP contribution in [0.15, 0.2) is 70.6 Å². The molecule has 0 aliphatic heterocycles. The lowest BCUT2D eigenvalue weighted by Gasteiger charge is -2.06. The normalized spacial score (nSPS) is 11.3. The number of aryl methyl sites for hydroxylation is 1. The summed E-state index contributed by atoms with van der Waals surface area (Å²) in [5.74, 6) is -0.0969. The second-order valence-electron chi connectivity index (χ2n) is 5.55. The second-order valence-corrected chi connectivity index (χ2v) is 7.36. The predicted octanol–water partition coefficient (Wildman–Crippen LogP) is 1.89. The van der Waals surface area contributed by atoms with Crippen molar-refractivity contribution >= 4 is 15.9 Å². The van der Waals surface area contributed by atoms with Crippen molar-refractivity contribution in [2.24, 2.45) is 0 Å². The SMILES string of the molecule is COc1ccc(S(=O)(=O)n2ccn(C(=O)c3ccccc3C)c2=O)cc1. The Morgan fingerprint density at radius 3 is 2.27 bits per heavy atom. The first-order chi connectivity index (χ1) is 12.4. The van der Waals surface area contributed by atoms with Crippen LogP contribution in [0.4, 0.5) is 0 Å². The Balaban J connectivity index is 2.04. The van der Waals surface area contributed by atoms with Gasteiger partial charge in [-0.15, -0.1) is 0 Å². The predicted molar refractivity (Wildman–Crippen MR) is 95.2 cm³/mol. The summed E-state index contributed by atoms with van der Waals surface area (Å²) in [5, 5.41) is 0. The third kappa shape index (κ3) is 2.95. The first-order valence-electron chi connectivity index (χ1n) is 7.66. The van der Waals surface area contributed by atoms with Gasteiger partial charge in [-0.25, -0.2) is 17.8 Å². The number of nitrogens with zero attached hydrogens (tertiary/aromatic N) is 2. The topological polar surface area (TPSA) is 87.4 Å². The quantitative estimate of drug-likeness (QED) is 0.698. The zero-order valence-corrected chi connectivity index (χ0v) is 14.9. The second kappa shape index (κ2) is 6.64. The minimum atomic E-state index is -4.12. The van der Waals surface area contributed by atoms with Crippen LogP contribution in [-0.4, -0.2) is 30.0 Å². The van der Waals surface area contributed by atoms with Gasteiger partial charge in [-0.05, 0) is 42.8 Å². The molecule has 0 saturated heterocycles. The molecule has 8 heteroatoms. The lowest BCUT2D eigenvalue weighted by atomic mass is 10.1. The fourth-order valence-electron chi connectivity index (χ4n) is 2.50. The maximum absolute atomic E-state index is 12.7. The molecule has 0 saturated carbocycles. The van der Waals surface area contributed by atoms with Crippen molar-refractivity contribution < 1.29 is 17.9 Å². The van der Waals surface area contributed by atoms with E-state index in [0.29, 0.717) is 20.8 Å². The molecule has 1 heterocycles. The molecule has 0 aliphatic rings. The lowest BCUT2D eigenvalue weighted by molar-refractivity contribution is 0.0955. The van der Waals surface area contributed by atoms with E-state index in [2.05, 4.69) is 0 Å². The highest BCUT2D eigenvalue weighted by atomic mass is 32.2. The number of carbonyl (C=O) groups is 1. The molecule has 0 amide bonds. The van der Waals surface area contributed by atoms with E-state index in [9.17, 15) is 18.0 Å². The molecule has 7 nitrogen and oxygen atoms in total. The number of imidazole rings is 1. The first kappa shape index (κ1) is 17.7. The van der Waals surface area contributed by atoms with Gasteiger partial charge < -0.3 is 4.74 Å². The van der Waals surface area contributed by atoms with E-state index in [1.165, 1.54) is 31.4 Å². The molecule has 0 unspecified atom stereocenters. The number of ether oxygens (including phenoxy) is 1. The highest BCUT2D eigenvalue weighted by Gasteiger charge is 2.23. The van der Waals surface area contributed by atoms with Gasteiger partial charge in [0.15, 0.2) is 0 Å². The Bertz CT molecular complexity index is 1120. The average Bonchev–Trinajstić information content (AvgIpc) is 3.04. The maximum atomic E-state index is 12.7. The van der Waals surface area contributed by atoms with Crippen LogP contribution in [0.2, 0.25) is 0 Å². The molecule has 3 aromatic rings. The number of carbonyl (C=O) groups excluding carboxylic acids is 1. The summed E-state index contributed by atoms with van der Waals surface area (Å²) in [4.78, 5) is 25.0. The van der Waals surface area contributed by atoms with Crippen LogP contribution in [0.5, 0.6) is 5.75 Å². The molecular weight excluding hydrogens is 356 g/mol. The minimum absolute atomic E-state index is 0.0820. The molecule has 0 aliphatic carbocycles. The van der Waals surface area contributed by atoms with Gasteiger partial charge in [0.25, 0.3) is 15.9 Å². The van der Waals surface area contributed by atoms with E-state index >= 15 is 0 Å². The van der Waals surface area contributed by atoms with Crippen molar-refractivity contribution in [3.63, 3.8) is 0 Å². The van der Waals surface area contributed by atoms with E-state index in [0.717, 1.165) is 17.0 Å². The van der Waals surface area contributed by atoms with Crippen molar-refractivity contribution in [2.75, 3.05) is 7.11 Å². The summed E-state index contributed by atoms with van der Waals surface area (Å²) in [6, 6.07) is 12.4.